The van der Waals surface area contributed by atoms with E-state index in [1.807, 2.05) is 63.4 Å². The Hall–Kier alpha value is -5.14. The molecule has 0 saturated carbocycles. The molecule has 1 fully saturated rings. The molecule has 0 atom stereocenters. The van der Waals surface area contributed by atoms with Crippen LogP contribution in [0.5, 0.6) is 0 Å². The minimum Gasteiger partial charge on any atom is -0.336 e. The second-order valence-corrected chi connectivity index (χ2v) is 12.4. The van der Waals surface area contributed by atoms with Crippen LogP contribution < -0.4 is 16.4 Å². The van der Waals surface area contributed by atoms with Crippen molar-refractivity contribution in [1.82, 2.24) is 29.4 Å². The smallest absolute Gasteiger partial charge is 0.290 e. The Balaban J connectivity index is 1.32. The number of nitrogens with one attached hydrogen (secondary N) is 1. The van der Waals surface area contributed by atoms with E-state index < -0.39 is 5.41 Å². The molecule has 0 aliphatic carbocycles. The number of piperidine rings is 1. The lowest BCUT2D eigenvalue weighted by Gasteiger charge is -2.29. The summed E-state index contributed by atoms with van der Waals surface area (Å²) in [5, 5.41) is 23.0. The Morgan fingerprint density at radius 3 is 2.47 bits per heavy atom. The van der Waals surface area contributed by atoms with Crippen LogP contribution in [0.25, 0.3) is 27.7 Å². The molecule has 3 aromatic heterocycles. The zero-order valence-electron chi connectivity index (χ0n) is 26.2. The third-order valence-electron chi connectivity index (χ3n) is 8.90. The summed E-state index contributed by atoms with van der Waals surface area (Å²) in [6.45, 7) is 7.75. The highest BCUT2D eigenvalue weighted by Gasteiger charge is 2.22. The van der Waals surface area contributed by atoms with Crippen molar-refractivity contribution in [3.8, 4) is 23.0 Å². The predicted octanol–water partition coefficient (Wildman–Crippen LogP) is 5.20. The Bertz CT molecular complexity index is 2060. The van der Waals surface area contributed by atoms with Gasteiger partial charge in [0.15, 0.2) is 0 Å². The van der Waals surface area contributed by atoms with E-state index >= 15 is 0 Å². The van der Waals surface area contributed by atoms with Crippen LogP contribution in [-0.2, 0) is 12.5 Å². The SMILES string of the molecule is Cc1c(-c2cc(Nc3ccc(C4CCN(C)CC4)cn3)c(=O)n(C)n2)cccc1-n1ncc2cc(C(C)(C)C#N)ccc2c1=O. The van der Waals surface area contributed by atoms with Crippen LogP contribution >= 0.6 is 0 Å². The van der Waals surface area contributed by atoms with Crippen LogP contribution in [0.15, 0.2) is 76.6 Å². The quantitative estimate of drug-likeness (QED) is 0.282. The summed E-state index contributed by atoms with van der Waals surface area (Å²) >= 11 is 0. The average molecular weight is 601 g/mol. The predicted molar refractivity (Wildman–Crippen MR) is 176 cm³/mol. The number of fused-ring (bicyclic) bond motifs is 1. The molecule has 1 saturated heterocycles. The Kier molecular flexibility index (Phi) is 7.81. The van der Waals surface area contributed by atoms with E-state index in [1.165, 1.54) is 14.9 Å². The van der Waals surface area contributed by atoms with E-state index in [2.05, 4.69) is 44.6 Å². The lowest BCUT2D eigenvalue weighted by atomic mass is 9.85. The second kappa shape index (κ2) is 11.7. The van der Waals surface area contributed by atoms with Crippen molar-refractivity contribution in [1.29, 1.82) is 5.26 Å². The number of pyridine rings is 1. The van der Waals surface area contributed by atoms with E-state index in [0.29, 0.717) is 39.6 Å². The van der Waals surface area contributed by atoms with Gasteiger partial charge in [0.05, 0.1) is 34.4 Å². The Morgan fingerprint density at radius 1 is 0.978 bits per heavy atom. The highest BCUT2D eigenvalue weighted by Crippen LogP contribution is 2.30. The zero-order chi connectivity index (χ0) is 31.9. The van der Waals surface area contributed by atoms with Gasteiger partial charge >= 0.3 is 0 Å². The fourth-order valence-corrected chi connectivity index (χ4v) is 5.94. The molecular formula is C35H36N8O2. The molecule has 2 aromatic carbocycles. The van der Waals surface area contributed by atoms with Crippen LogP contribution in [0.4, 0.5) is 11.5 Å². The zero-order valence-corrected chi connectivity index (χ0v) is 26.2. The number of nitrogens with zero attached hydrogens (tertiary/aromatic N) is 7. The number of anilines is 2. The van der Waals surface area contributed by atoms with E-state index in [1.54, 1.807) is 25.4 Å². The van der Waals surface area contributed by atoms with Crippen LogP contribution in [0.3, 0.4) is 0 Å². The molecule has 228 valence electrons. The molecule has 0 amide bonds. The van der Waals surface area contributed by atoms with Gasteiger partial charge in [-0.05, 0) is 107 Å². The molecule has 0 bridgehead atoms. The molecule has 5 aromatic rings. The molecular weight excluding hydrogens is 564 g/mol. The molecule has 10 heteroatoms. The fourth-order valence-electron chi connectivity index (χ4n) is 5.94. The fraction of sp³-hybridized carbons (Fsp3) is 0.314. The van der Waals surface area contributed by atoms with Crippen molar-refractivity contribution < 1.29 is 0 Å². The minimum atomic E-state index is -0.684. The molecule has 1 aliphatic rings. The van der Waals surface area contributed by atoms with Gasteiger partial charge in [0.2, 0.25) is 0 Å². The maximum atomic E-state index is 13.6. The first-order valence-electron chi connectivity index (χ1n) is 15.1. The first kappa shape index (κ1) is 29.9. The number of aryl methyl sites for hydroxylation is 1. The standard InChI is InChI=1S/C35H36N8O2/c1-22-27(7-6-8-31(22)43-33(44)28-11-10-26(35(2,3)21-36)17-25(28)20-38-43)29-18-30(34(45)42(5)40-29)39-32-12-9-24(19-37-32)23-13-15-41(4)16-14-23/h6-12,17-20,23H,13-16H2,1-5H3,(H,37,39). The Labute approximate surface area is 261 Å². The molecule has 0 spiro atoms. The molecule has 1 N–H and O–H groups in total. The highest BCUT2D eigenvalue weighted by atomic mass is 16.1. The van der Waals surface area contributed by atoms with Crippen LogP contribution in [0.1, 0.15) is 49.3 Å². The van der Waals surface area contributed by atoms with E-state index in [0.717, 1.165) is 42.6 Å². The van der Waals surface area contributed by atoms with Gasteiger partial charge in [0.25, 0.3) is 11.1 Å². The van der Waals surface area contributed by atoms with Gasteiger partial charge in [-0.25, -0.2) is 9.67 Å². The first-order chi connectivity index (χ1) is 21.6. The lowest BCUT2D eigenvalue weighted by Crippen LogP contribution is -2.29. The highest BCUT2D eigenvalue weighted by molar-refractivity contribution is 5.82. The molecule has 10 nitrogen and oxygen atoms in total. The number of benzene rings is 2. The van der Waals surface area contributed by atoms with Crippen LogP contribution in [0, 0.1) is 18.3 Å². The average Bonchev–Trinajstić information content (AvgIpc) is 3.04. The summed E-state index contributed by atoms with van der Waals surface area (Å²) in [5.74, 6) is 1.08. The van der Waals surface area contributed by atoms with Gasteiger partial charge in [-0.15, -0.1) is 0 Å². The van der Waals surface area contributed by atoms with Crippen molar-refractivity contribution in [2.75, 3.05) is 25.5 Å². The third-order valence-corrected chi connectivity index (χ3v) is 8.90. The lowest BCUT2D eigenvalue weighted by molar-refractivity contribution is 0.255. The first-order valence-corrected chi connectivity index (χ1v) is 15.1. The molecule has 0 unspecified atom stereocenters. The molecule has 6 rings (SSSR count). The van der Waals surface area contributed by atoms with Crippen molar-refractivity contribution in [3.05, 3.63) is 104 Å². The normalized spacial score (nSPS) is 14.4. The minimum absolute atomic E-state index is 0.264. The van der Waals surface area contributed by atoms with Gasteiger partial charge in [-0.1, -0.05) is 24.3 Å². The Morgan fingerprint density at radius 2 is 1.76 bits per heavy atom. The van der Waals surface area contributed by atoms with Crippen molar-refractivity contribution in [3.63, 3.8) is 0 Å². The summed E-state index contributed by atoms with van der Waals surface area (Å²) in [7, 11) is 3.77. The molecule has 0 radical (unpaired) electrons. The van der Waals surface area contributed by atoms with Crippen LogP contribution in [-0.4, -0.2) is 49.6 Å². The molecule has 45 heavy (non-hydrogen) atoms. The number of hydrogen-bond donors (Lipinski definition) is 1. The topological polar surface area (TPSA) is 122 Å². The number of hydrogen-bond acceptors (Lipinski definition) is 8. The van der Waals surface area contributed by atoms with Crippen molar-refractivity contribution in [2.24, 2.45) is 7.05 Å². The monoisotopic (exact) mass is 600 g/mol. The van der Waals surface area contributed by atoms with E-state index in [9.17, 15) is 14.9 Å². The maximum Gasteiger partial charge on any atom is 0.290 e. The van der Waals surface area contributed by atoms with Gasteiger partial charge in [-0.2, -0.15) is 20.1 Å². The van der Waals surface area contributed by atoms with Gasteiger partial charge in [0, 0.05) is 24.2 Å². The maximum absolute atomic E-state index is 13.6. The van der Waals surface area contributed by atoms with Gasteiger partial charge < -0.3 is 10.2 Å². The molecule has 1 aliphatic heterocycles. The second-order valence-electron chi connectivity index (χ2n) is 12.4. The number of aromatic nitrogens is 5. The van der Waals surface area contributed by atoms with Crippen molar-refractivity contribution >= 4 is 22.3 Å². The summed E-state index contributed by atoms with van der Waals surface area (Å²) in [5.41, 5.74) is 3.88. The summed E-state index contributed by atoms with van der Waals surface area (Å²) < 4.78 is 2.69. The summed E-state index contributed by atoms with van der Waals surface area (Å²) in [4.78, 5) is 33.7. The largest absolute Gasteiger partial charge is 0.336 e. The number of rotatable bonds is 6. The van der Waals surface area contributed by atoms with Gasteiger partial charge in [-0.3, -0.25) is 9.59 Å². The van der Waals surface area contributed by atoms with E-state index in [4.69, 9.17) is 0 Å². The third kappa shape index (κ3) is 5.75. The van der Waals surface area contributed by atoms with Crippen molar-refractivity contribution in [2.45, 2.75) is 44.9 Å². The van der Waals surface area contributed by atoms with Gasteiger partial charge in [0.1, 0.15) is 11.5 Å². The summed E-state index contributed by atoms with van der Waals surface area (Å²) in [6, 6.07) is 19.0. The van der Waals surface area contributed by atoms with E-state index in [-0.39, 0.29) is 11.1 Å². The molecule has 4 heterocycles. The summed E-state index contributed by atoms with van der Waals surface area (Å²) in [6.07, 6.45) is 5.77. The number of likely N-dealkylation sites (tertiary alicyclic amines) is 1. The van der Waals surface area contributed by atoms with Crippen LogP contribution in [0.2, 0.25) is 0 Å². The number of nitriles is 1.